The molecule has 4 fully saturated rings. The predicted octanol–water partition coefficient (Wildman–Crippen LogP) is 6.17. The molecule has 41 heavy (non-hydrogen) atoms. The van der Waals surface area contributed by atoms with Crippen LogP contribution in [0.25, 0.3) is 0 Å². The molecule has 1 atom stereocenters. The van der Waals surface area contributed by atoms with Crippen LogP contribution in [0.5, 0.6) is 0 Å². The smallest absolute Gasteiger partial charge is 0.247 e. The molecule has 0 bridgehead atoms. The molecule has 8 heteroatoms. The maximum atomic E-state index is 13.3. The Morgan fingerprint density at radius 2 is 1.78 bits per heavy atom. The average molecular weight is 598 g/mol. The van der Waals surface area contributed by atoms with E-state index in [9.17, 15) is 9.59 Å². The second-order valence-corrected chi connectivity index (χ2v) is 13.6. The third-order valence-electron chi connectivity index (χ3n) is 10.4. The molecule has 3 heterocycles. The van der Waals surface area contributed by atoms with Crippen LogP contribution in [0.2, 0.25) is 10.0 Å². The lowest BCUT2D eigenvalue weighted by molar-refractivity contribution is -0.134. The van der Waals surface area contributed by atoms with Crippen LogP contribution in [0.3, 0.4) is 0 Å². The third-order valence-corrected chi connectivity index (χ3v) is 11.1. The summed E-state index contributed by atoms with van der Waals surface area (Å²) in [5.74, 6) is 0.710. The minimum absolute atomic E-state index is 0.104. The number of carbonyl (C=O) groups is 2. The minimum atomic E-state index is -0.460. The maximum Gasteiger partial charge on any atom is 0.247 e. The lowest BCUT2D eigenvalue weighted by Crippen LogP contribution is -2.56. The van der Waals surface area contributed by atoms with E-state index in [0.717, 1.165) is 83.4 Å². The number of likely N-dealkylation sites (tertiary alicyclic amines) is 2. The van der Waals surface area contributed by atoms with Crippen LogP contribution < -0.4 is 10.2 Å². The van der Waals surface area contributed by atoms with Crippen molar-refractivity contribution in [3.05, 3.63) is 63.6 Å². The van der Waals surface area contributed by atoms with Crippen LogP contribution in [-0.4, -0.2) is 66.5 Å². The van der Waals surface area contributed by atoms with Gasteiger partial charge in [0.25, 0.3) is 0 Å². The molecule has 1 aliphatic carbocycles. The first-order valence-electron chi connectivity index (χ1n) is 15.4. The Labute approximate surface area is 254 Å². The highest BCUT2D eigenvalue weighted by atomic mass is 35.5. The molecule has 0 radical (unpaired) electrons. The third kappa shape index (κ3) is 5.60. The van der Waals surface area contributed by atoms with Gasteiger partial charge in [-0.25, -0.2) is 0 Å². The van der Waals surface area contributed by atoms with E-state index in [-0.39, 0.29) is 17.2 Å². The zero-order chi connectivity index (χ0) is 28.6. The molecule has 2 amide bonds. The Morgan fingerprint density at radius 3 is 2.51 bits per heavy atom. The van der Waals surface area contributed by atoms with Crippen molar-refractivity contribution in [3.8, 4) is 0 Å². The quantitative estimate of drug-likeness (QED) is 0.415. The van der Waals surface area contributed by atoms with Crippen molar-refractivity contribution in [3.63, 3.8) is 0 Å². The summed E-state index contributed by atoms with van der Waals surface area (Å²) in [4.78, 5) is 33.4. The maximum absolute atomic E-state index is 13.3. The van der Waals surface area contributed by atoms with Gasteiger partial charge in [0.2, 0.25) is 11.8 Å². The number of piperidine rings is 1. The topological polar surface area (TPSA) is 55.9 Å². The van der Waals surface area contributed by atoms with Gasteiger partial charge in [0.05, 0.1) is 16.7 Å². The van der Waals surface area contributed by atoms with Crippen molar-refractivity contribution < 1.29 is 9.59 Å². The molecule has 0 aromatic heterocycles. The van der Waals surface area contributed by atoms with Gasteiger partial charge in [0, 0.05) is 43.2 Å². The first-order chi connectivity index (χ1) is 19.8. The summed E-state index contributed by atoms with van der Waals surface area (Å²) in [7, 11) is 0. The highest BCUT2D eigenvalue weighted by Crippen LogP contribution is 2.43. The first kappa shape index (κ1) is 28.8. The van der Waals surface area contributed by atoms with Gasteiger partial charge in [-0.15, -0.1) is 0 Å². The predicted molar refractivity (Wildman–Crippen MR) is 166 cm³/mol. The number of aryl methyl sites for hydroxylation is 1. The minimum Gasteiger partial charge on any atom is -0.342 e. The fraction of sp³-hybridized carbons (Fsp3) is 0.576. The zero-order valence-electron chi connectivity index (χ0n) is 24.1. The molecule has 1 N–H and O–H groups in total. The molecule has 3 saturated heterocycles. The van der Waals surface area contributed by atoms with Crippen molar-refractivity contribution in [1.29, 1.82) is 0 Å². The molecule has 6 nitrogen and oxygen atoms in total. The van der Waals surface area contributed by atoms with E-state index < -0.39 is 5.54 Å². The molecule has 2 aromatic rings. The van der Waals surface area contributed by atoms with Gasteiger partial charge in [-0.1, -0.05) is 54.2 Å². The van der Waals surface area contributed by atoms with E-state index in [0.29, 0.717) is 22.6 Å². The number of nitrogens with zero attached hydrogens (tertiary/aromatic N) is 3. The van der Waals surface area contributed by atoms with Gasteiger partial charge in [-0.05, 0) is 93.8 Å². The Kier molecular flexibility index (Phi) is 8.28. The van der Waals surface area contributed by atoms with E-state index in [1.54, 1.807) is 0 Å². The number of halogens is 2. The molecule has 3 aliphatic heterocycles. The molecule has 1 saturated carbocycles. The van der Waals surface area contributed by atoms with Crippen LogP contribution in [0, 0.1) is 12.8 Å². The Bertz CT molecular complexity index is 1290. The van der Waals surface area contributed by atoms with Gasteiger partial charge in [-0.3, -0.25) is 9.59 Å². The van der Waals surface area contributed by atoms with Crippen LogP contribution in [0.4, 0.5) is 5.69 Å². The van der Waals surface area contributed by atoms with Crippen LogP contribution >= 0.6 is 23.2 Å². The first-order valence-corrected chi connectivity index (χ1v) is 16.1. The summed E-state index contributed by atoms with van der Waals surface area (Å²) in [6, 6.07) is 14.5. The Morgan fingerprint density at radius 1 is 1.00 bits per heavy atom. The standard InChI is InChI=1S/C33H42Cl2N4O2/c1-24-6-4-9-27(20-24)39-23-36-31(41)33(39)14-17-37(18-15-33)16-5-12-32(26-10-11-28(34)29(35)21-26)13-19-38(22-32)30(40)25-7-2-3-8-25/h4,6,9-11,20-21,25H,2-3,5,7-8,12-19,22-23H2,1H3,(H,36,41). The molecule has 220 valence electrons. The monoisotopic (exact) mass is 596 g/mol. The van der Waals surface area contributed by atoms with Gasteiger partial charge >= 0.3 is 0 Å². The molecule has 1 unspecified atom stereocenters. The summed E-state index contributed by atoms with van der Waals surface area (Å²) < 4.78 is 0. The second kappa shape index (κ2) is 11.8. The number of hydrogen-bond acceptors (Lipinski definition) is 4. The van der Waals surface area contributed by atoms with Crippen molar-refractivity contribution in [1.82, 2.24) is 15.1 Å². The van der Waals surface area contributed by atoms with E-state index in [1.165, 1.54) is 24.0 Å². The fourth-order valence-corrected chi connectivity index (χ4v) is 8.21. The van der Waals surface area contributed by atoms with Crippen molar-refractivity contribution in [2.45, 2.75) is 75.7 Å². The van der Waals surface area contributed by atoms with Gasteiger partial charge < -0.3 is 20.0 Å². The number of hydrogen-bond donors (Lipinski definition) is 1. The molecule has 6 rings (SSSR count). The van der Waals surface area contributed by atoms with Crippen LogP contribution in [-0.2, 0) is 15.0 Å². The summed E-state index contributed by atoms with van der Waals surface area (Å²) >= 11 is 12.8. The molecular formula is C33H42Cl2N4O2. The molecule has 1 spiro atoms. The van der Waals surface area contributed by atoms with Gasteiger partial charge in [0.15, 0.2) is 0 Å². The lowest BCUT2D eigenvalue weighted by atomic mass is 9.75. The van der Waals surface area contributed by atoms with E-state index in [2.05, 4.69) is 57.3 Å². The number of benzene rings is 2. The summed E-state index contributed by atoms with van der Waals surface area (Å²) in [5.41, 5.74) is 2.96. The van der Waals surface area contributed by atoms with Gasteiger partial charge in [-0.2, -0.15) is 0 Å². The average Bonchev–Trinajstić information content (AvgIpc) is 3.72. The fourth-order valence-electron chi connectivity index (χ4n) is 7.91. The van der Waals surface area contributed by atoms with E-state index >= 15 is 0 Å². The molecule has 2 aromatic carbocycles. The lowest BCUT2D eigenvalue weighted by Gasteiger charge is -2.43. The molecule has 4 aliphatic rings. The SMILES string of the molecule is Cc1cccc(N2CNC(=O)C23CCN(CCCC2(c4ccc(Cl)c(Cl)c4)CCN(C(=O)C4CCCC4)C2)CC3)c1. The number of carbonyl (C=O) groups excluding carboxylic acids is 2. The Hall–Kier alpha value is -2.28. The number of amides is 2. The largest absolute Gasteiger partial charge is 0.342 e. The summed E-state index contributed by atoms with van der Waals surface area (Å²) in [6.45, 7) is 7.04. The number of nitrogens with one attached hydrogen (secondary N) is 1. The van der Waals surface area contributed by atoms with Crippen LogP contribution in [0.15, 0.2) is 42.5 Å². The van der Waals surface area contributed by atoms with Crippen molar-refractivity contribution in [2.24, 2.45) is 5.92 Å². The van der Waals surface area contributed by atoms with E-state index in [1.807, 2.05) is 12.1 Å². The van der Waals surface area contributed by atoms with Crippen LogP contribution in [0.1, 0.15) is 68.9 Å². The number of rotatable bonds is 7. The van der Waals surface area contributed by atoms with Crippen molar-refractivity contribution >= 4 is 40.7 Å². The zero-order valence-corrected chi connectivity index (χ0v) is 25.7. The molecular weight excluding hydrogens is 555 g/mol. The Balaban J connectivity index is 1.11. The van der Waals surface area contributed by atoms with Gasteiger partial charge in [0.1, 0.15) is 5.54 Å². The van der Waals surface area contributed by atoms with Crippen molar-refractivity contribution in [2.75, 3.05) is 44.3 Å². The van der Waals surface area contributed by atoms with E-state index in [4.69, 9.17) is 23.2 Å². The summed E-state index contributed by atoms with van der Waals surface area (Å²) in [5, 5.41) is 4.28. The normalized spacial score (nSPS) is 24.9. The second-order valence-electron chi connectivity index (χ2n) is 12.8. The summed E-state index contributed by atoms with van der Waals surface area (Å²) in [6.07, 6.45) is 9.05. The highest BCUT2D eigenvalue weighted by Gasteiger charge is 2.50. The highest BCUT2D eigenvalue weighted by molar-refractivity contribution is 6.42. The number of anilines is 1.